The monoisotopic (exact) mass is 284 g/mol. The summed E-state index contributed by atoms with van der Waals surface area (Å²) in [5, 5.41) is 0. The van der Waals surface area contributed by atoms with E-state index >= 15 is 0 Å². The van der Waals surface area contributed by atoms with E-state index in [0.29, 0.717) is 11.5 Å². The van der Waals surface area contributed by atoms with Crippen LogP contribution in [0, 0.1) is 0 Å². The minimum Gasteiger partial charge on any atom is -0.496 e. The molecule has 110 valence electrons. The van der Waals surface area contributed by atoms with E-state index in [9.17, 15) is 0 Å². The van der Waals surface area contributed by atoms with E-state index in [-0.39, 0.29) is 0 Å². The molecule has 2 aromatic rings. The van der Waals surface area contributed by atoms with Crippen molar-refractivity contribution >= 4 is 6.08 Å². The van der Waals surface area contributed by atoms with Crippen molar-refractivity contribution in [3.63, 3.8) is 0 Å². The van der Waals surface area contributed by atoms with Crippen LogP contribution in [0.15, 0.2) is 48.5 Å². The Morgan fingerprint density at radius 2 is 1.48 bits per heavy atom. The van der Waals surface area contributed by atoms with Gasteiger partial charge in [0, 0.05) is 0 Å². The van der Waals surface area contributed by atoms with Gasteiger partial charge in [-0.25, -0.2) is 0 Å². The van der Waals surface area contributed by atoms with E-state index < -0.39 is 0 Å². The molecule has 0 aliphatic heterocycles. The zero-order valence-corrected chi connectivity index (χ0v) is 12.6. The van der Waals surface area contributed by atoms with Crippen molar-refractivity contribution in [2.24, 2.45) is 0 Å². The maximum Gasteiger partial charge on any atom is 0.171 e. The Hall–Kier alpha value is -2.42. The van der Waals surface area contributed by atoms with Gasteiger partial charge >= 0.3 is 0 Å². The first-order chi connectivity index (χ1) is 10.3. The molecule has 0 amide bonds. The largest absolute Gasteiger partial charge is 0.496 e. The summed E-state index contributed by atoms with van der Waals surface area (Å²) in [5.41, 5.74) is 2.14. The van der Waals surface area contributed by atoms with Gasteiger partial charge in [-0.05, 0) is 24.1 Å². The summed E-state index contributed by atoms with van der Waals surface area (Å²) in [6, 6.07) is 14.0. The highest BCUT2D eigenvalue weighted by atomic mass is 16.5. The first-order valence-electron chi connectivity index (χ1n) is 6.79. The zero-order valence-electron chi connectivity index (χ0n) is 12.6. The Morgan fingerprint density at radius 1 is 0.810 bits per heavy atom. The highest BCUT2D eigenvalue weighted by Gasteiger charge is 2.13. The molecular formula is C18H20O3. The van der Waals surface area contributed by atoms with Gasteiger partial charge in [-0.3, -0.25) is 0 Å². The van der Waals surface area contributed by atoms with Crippen molar-refractivity contribution in [3.05, 3.63) is 59.7 Å². The summed E-state index contributed by atoms with van der Waals surface area (Å²) in [6.45, 7) is 0. The Labute approximate surface area is 125 Å². The second-order valence-corrected chi connectivity index (χ2v) is 4.51. The van der Waals surface area contributed by atoms with Crippen LogP contribution in [0.5, 0.6) is 17.2 Å². The smallest absolute Gasteiger partial charge is 0.171 e. The van der Waals surface area contributed by atoms with Crippen LogP contribution in [-0.4, -0.2) is 21.3 Å². The molecule has 3 heteroatoms. The molecular weight excluding hydrogens is 264 g/mol. The molecule has 0 aliphatic carbocycles. The van der Waals surface area contributed by atoms with Crippen molar-refractivity contribution in [1.29, 1.82) is 0 Å². The molecule has 0 saturated heterocycles. The lowest BCUT2D eigenvalue weighted by atomic mass is 10.1. The molecule has 0 heterocycles. The molecule has 0 aliphatic rings. The second kappa shape index (κ2) is 7.39. The molecule has 0 atom stereocenters. The van der Waals surface area contributed by atoms with E-state index in [1.54, 1.807) is 21.3 Å². The lowest BCUT2D eigenvalue weighted by Crippen LogP contribution is -1.96. The number of allylic oxidation sites excluding steroid dienone is 1. The summed E-state index contributed by atoms with van der Waals surface area (Å²) in [4.78, 5) is 0. The van der Waals surface area contributed by atoms with E-state index in [0.717, 1.165) is 17.7 Å². The topological polar surface area (TPSA) is 27.7 Å². The molecule has 0 fully saturated rings. The van der Waals surface area contributed by atoms with Crippen LogP contribution in [0.2, 0.25) is 0 Å². The standard InChI is InChI=1S/C18H20O3/c1-19-16-12-13-17(20-2)18(21-3)15(16)11-7-10-14-8-5-4-6-9-14/h4-9,11-13H,10H2,1-3H3. The minimum atomic E-state index is 0.682. The summed E-state index contributed by atoms with van der Waals surface area (Å²) < 4.78 is 16.2. The van der Waals surface area contributed by atoms with Crippen molar-refractivity contribution in [2.45, 2.75) is 6.42 Å². The summed E-state index contributed by atoms with van der Waals surface area (Å²) in [6.07, 6.45) is 4.95. The van der Waals surface area contributed by atoms with Crippen molar-refractivity contribution in [2.75, 3.05) is 21.3 Å². The SMILES string of the molecule is COc1ccc(OC)c(OC)c1C=CCc1ccccc1. The fraction of sp³-hybridized carbons (Fsp3) is 0.222. The van der Waals surface area contributed by atoms with Crippen LogP contribution in [0.1, 0.15) is 11.1 Å². The van der Waals surface area contributed by atoms with Crippen molar-refractivity contribution in [1.82, 2.24) is 0 Å². The molecule has 0 radical (unpaired) electrons. The molecule has 2 aromatic carbocycles. The Balaban J connectivity index is 2.29. The maximum atomic E-state index is 5.46. The second-order valence-electron chi connectivity index (χ2n) is 4.51. The quantitative estimate of drug-likeness (QED) is 0.803. The number of benzene rings is 2. The first kappa shape index (κ1) is 15.0. The predicted octanol–water partition coefficient (Wildman–Crippen LogP) is 3.97. The summed E-state index contributed by atoms with van der Waals surface area (Å²) >= 11 is 0. The van der Waals surface area contributed by atoms with Crippen LogP contribution in [0.4, 0.5) is 0 Å². The Kier molecular flexibility index (Phi) is 5.27. The van der Waals surface area contributed by atoms with Gasteiger partial charge < -0.3 is 14.2 Å². The van der Waals surface area contributed by atoms with Gasteiger partial charge in [-0.1, -0.05) is 42.5 Å². The molecule has 0 bridgehead atoms. The number of hydrogen-bond acceptors (Lipinski definition) is 3. The van der Waals surface area contributed by atoms with Gasteiger partial charge in [0.15, 0.2) is 11.5 Å². The fourth-order valence-electron chi connectivity index (χ4n) is 2.20. The van der Waals surface area contributed by atoms with E-state index in [2.05, 4.69) is 18.2 Å². The normalized spacial score (nSPS) is 10.6. The van der Waals surface area contributed by atoms with Crippen LogP contribution < -0.4 is 14.2 Å². The van der Waals surface area contributed by atoms with Crippen LogP contribution in [-0.2, 0) is 6.42 Å². The fourth-order valence-corrected chi connectivity index (χ4v) is 2.20. The third kappa shape index (κ3) is 3.57. The zero-order chi connectivity index (χ0) is 15.1. The van der Waals surface area contributed by atoms with Crippen molar-refractivity contribution < 1.29 is 14.2 Å². The Morgan fingerprint density at radius 3 is 2.10 bits per heavy atom. The number of ether oxygens (including phenoxy) is 3. The first-order valence-corrected chi connectivity index (χ1v) is 6.79. The molecule has 0 spiro atoms. The van der Waals surface area contributed by atoms with Gasteiger partial charge in [0.2, 0.25) is 0 Å². The highest BCUT2D eigenvalue weighted by Crippen LogP contribution is 2.38. The number of rotatable bonds is 6. The lowest BCUT2D eigenvalue weighted by Gasteiger charge is -2.13. The minimum absolute atomic E-state index is 0.682. The van der Waals surface area contributed by atoms with E-state index in [4.69, 9.17) is 14.2 Å². The molecule has 3 nitrogen and oxygen atoms in total. The van der Waals surface area contributed by atoms with Gasteiger partial charge in [0.1, 0.15) is 5.75 Å². The van der Waals surface area contributed by atoms with Gasteiger partial charge in [-0.2, -0.15) is 0 Å². The van der Waals surface area contributed by atoms with Gasteiger partial charge in [0.25, 0.3) is 0 Å². The number of methoxy groups -OCH3 is 3. The van der Waals surface area contributed by atoms with E-state index in [1.807, 2.05) is 36.4 Å². The van der Waals surface area contributed by atoms with Crippen LogP contribution >= 0.6 is 0 Å². The number of hydrogen-bond donors (Lipinski definition) is 0. The molecule has 2 rings (SSSR count). The van der Waals surface area contributed by atoms with E-state index in [1.165, 1.54) is 5.56 Å². The maximum absolute atomic E-state index is 5.46. The van der Waals surface area contributed by atoms with Crippen molar-refractivity contribution in [3.8, 4) is 17.2 Å². The molecule has 0 N–H and O–H groups in total. The molecule has 0 unspecified atom stereocenters. The van der Waals surface area contributed by atoms with Gasteiger partial charge in [0.05, 0.1) is 26.9 Å². The molecule has 21 heavy (non-hydrogen) atoms. The van der Waals surface area contributed by atoms with Crippen LogP contribution in [0.3, 0.4) is 0 Å². The summed E-state index contributed by atoms with van der Waals surface area (Å²) in [5.74, 6) is 2.13. The lowest BCUT2D eigenvalue weighted by molar-refractivity contribution is 0.348. The average molecular weight is 284 g/mol. The molecule has 0 saturated carbocycles. The third-order valence-electron chi connectivity index (χ3n) is 3.24. The molecule has 0 aromatic heterocycles. The summed E-state index contributed by atoms with van der Waals surface area (Å²) in [7, 11) is 4.91. The third-order valence-corrected chi connectivity index (χ3v) is 3.24. The van der Waals surface area contributed by atoms with Crippen LogP contribution in [0.25, 0.3) is 6.08 Å². The predicted molar refractivity (Wildman–Crippen MR) is 85.3 cm³/mol. The Bertz CT molecular complexity index is 603. The average Bonchev–Trinajstić information content (AvgIpc) is 2.55. The van der Waals surface area contributed by atoms with Gasteiger partial charge in [-0.15, -0.1) is 0 Å². The highest BCUT2D eigenvalue weighted by molar-refractivity contribution is 5.68.